The molecule has 2 amide bonds. The van der Waals surface area contributed by atoms with Crippen LogP contribution in [0.1, 0.15) is 36.7 Å². The topological polar surface area (TPSA) is 61.9 Å². The largest absolute Gasteiger partial charge is 0.444 e. The molecule has 0 radical (unpaired) electrons. The highest BCUT2D eigenvalue weighted by Crippen LogP contribution is 2.11. The number of rotatable bonds is 4. The number of nitrogens with zero attached hydrogens (tertiary/aromatic N) is 2. The van der Waals surface area contributed by atoms with Gasteiger partial charge in [-0.15, -0.1) is 6.42 Å². The lowest BCUT2D eigenvalue weighted by molar-refractivity contribution is 0.0147. The maximum absolute atomic E-state index is 12.1. The van der Waals surface area contributed by atoms with Gasteiger partial charge in [0.2, 0.25) is 0 Å². The molecule has 0 unspecified atom stereocenters. The van der Waals surface area contributed by atoms with Crippen molar-refractivity contribution >= 4 is 12.0 Å². The van der Waals surface area contributed by atoms with Crippen LogP contribution in [0.2, 0.25) is 0 Å². The van der Waals surface area contributed by atoms with Crippen LogP contribution >= 0.6 is 0 Å². The van der Waals surface area contributed by atoms with E-state index in [1.165, 1.54) is 0 Å². The predicted octanol–water partition coefficient (Wildman–Crippen LogP) is 1.95. The molecule has 6 heteroatoms. The molecular weight excluding hydrogens is 330 g/mol. The lowest BCUT2D eigenvalue weighted by Crippen LogP contribution is -2.51. The maximum atomic E-state index is 12.1. The molecule has 1 heterocycles. The third-order valence-corrected chi connectivity index (χ3v) is 4.05. The summed E-state index contributed by atoms with van der Waals surface area (Å²) in [5.74, 6) is 2.42. The van der Waals surface area contributed by atoms with E-state index in [0.717, 1.165) is 25.2 Å². The Morgan fingerprint density at radius 2 is 1.77 bits per heavy atom. The van der Waals surface area contributed by atoms with E-state index >= 15 is 0 Å². The first kappa shape index (κ1) is 19.8. The van der Waals surface area contributed by atoms with Gasteiger partial charge >= 0.3 is 6.09 Å². The van der Waals surface area contributed by atoms with E-state index < -0.39 is 5.60 Å². The summed E-state index contributed by atoms with van der Waals surface area (Å²) in [5.41, 5.74) is 0.875. The molecule has 0 aliphatic carbocycles. The summed E-state index contributed by atoms with van der Waals surface area (Å²) in [6.07, 6.45) is 5.05. The average molecular weight is 357 g/mol. The zero-order valence-electron chi connectivity index (χ0n) is 15.7. The smallest absolute Gasteiger partial charge is 0.410 e. The van der Waals surface area contributed by atoms with Gasteiger partial charge in [0.15, 0.2) is 0 Å². The third kappa shape index (κ3) is 6.08. The molecule has 1 aromatic rings. The van der Waals surface area contributed by atoms with E-state index in [2.05, 4.69) is 16.1 Å². The Morgan fingerprint density at radius 3 is 2.31 bits per heavy atom. The Hall–Kier alpha value is -2.52. The van der Waals surface area contributed by atoms with Crippen molar-refractivity contribution in [2.75, 3.05) is 39.3 Å². The fraction of sp³-hybridized carbons (Fsp3) is 0.500. The average Bonchev–Trinajstić information content (AvgIpc) is 2.61. The number of terminal acetylenes is 1. The molecule has 0 atom stereocenters. The number of hydrogen-bond donors (Lipinski definition) is 1. The molecular formula is C20H27N3O3. The highest BCUT2D eigenvalue weighted by Gasteiger charge is 2.25. The highest BCUT2D eigenvalue weighted by atomic mass is 16.6. The van der Waals surface area contributed by atoms with Gasteiger partial charge in [-0.2, -0.15) is 0 Å². The predicted molar refractivity (Wildman–Crippen MR) is 101 cm³/mol. The SMILES string of the molecule is C#Cc1ccc(C(=O)NCCN2CCN(C(=O)OC(C)(C)C)CC2)cc1. The van der Waals surface area contributed by atoms with Crippen molar-refractivity contribution in [3.8, 4) is 12.3 Å². The molecule has 1 aliphatic rings. The van der Waals surface area contributed by atoms with Crippen molar-refractivity contribution in [1.82, 2.24) is 15.1 Å². The zero-order chi connectivity index (χ0) is 19.2. The molecule has 2 rings (SSSR count). The minimum atomic E-state index is -0.475. The fourth-order valence-corrected chi connectivity index (χ4v) is 2.63. The van der Waals surface area contributed by atoms with Crippen LogP contribution < -0.4 is 5.32 Å². The quantitative estimate of drug-likeness (QED) is 0.837. The summed E-state index contributed by atoms with van der Waals surface area (Å²) in [4.78, 5) is 28.1. The van der Waals surface area contributed by atoms with Gasteiger partial charge in [0.25, 0.3) is 5.91 Å². The minimum absolute atomic E-state index is 0.110. The van der Waals surface area contributed by atoms with Crippen molar-refractivity contribution in [3.05, 3.63) is 35.4 Å². The second-order valence-corrected chi connectivity index (χ2v) is 7.29. The normalized spacial score (nSPS) is 15.2. The first-order chi connectivity index (χ1) is 12.3. The van der Waals surface area contributed by atoms with Gasteiger partial charge in [0.05, 0.1) is 0 Å². The molecule has 26 heavy (non-hydrogen) atoms. The van der Waals surface area contributed by atoms with Gasteiger partial charge in [-0.1, -0.05) is 5.92 Å². The number of benzene rings is 1. The summed E-state index contributed by atoms with van der Waals surface area (Å²) < 4.78 is 5.39. The highest BCUT2D eigenvalue weighted by molar-refractivity contribution is 5.94. The molecule has 0 saturated carbocycles. The second-order valence-electron chi connectivity index (χ2n) is 7.29. The number of carbonyl (C=O) groups excluding carboxylic acids is 2. The van der Waals surface area contributed by atoms with Crippen LogP contribution in [0, 0.1) is 12.3 Å². The summed E-state index contributed by atoms with van der Waals surface area (Å²) in [5, 5.41) is 2.91. The first-order valence-corrected chi connectivity index (χ1v) is 8.83. The molecule has 0 spiro atoms. The van der Waals surface area contributed by atoms with E-state index in [-0.39, 0.29) is 12.0 Å². The molecule has 1 fully saturated rings. The zero-order valence-corrected chi connectivity index (χ0v) is 15.7. The monoisotopic (exact) mass is 357 g/mol. The number of carbonyl (C=O) groups is 2. The van der Waals surface area contributed by atoms with Crippen LogP contribution in [-0.4, -0.2) is 66.7 Å². The summed E-state index contributed by atoms with van der Waals surface area (Å²) in [6.45, 7) is 9.71. The number of piperazine rings is 1. The molecule has 140 valence electrons. The molecule has 1 aliphatic heterocycles. The van der Waals surface area contributed by atoms with Crippen molar-refractivity contribution in [1.29, 1.82) is 0 Å². The lowest BCUT2D eigenvalue weighted by atomic mass is 10.1. The van der Waals surface area contributed by atoms with E-state index in [0.29, 0.717) is 25.2 Å². The van der Waals surface area contributed by atoms with Crippen molar-refractivity contribution in [3.63, 3.8) is 0 Å². The van der Waals surface area contributed by atoms with Crippen LogP contribution in [0.5, 0.6) is 0 Å². The Bertz CT molecular complexity index is 663. The van der Waals surface area contributed by atoms with Gasteiger partial charge in [0, 0.05) is 50.4 Å². The van der Waals surface area contributed by atoms with E-state index in [9.17, 15) is 9.59 Å². The van der Waals surface area contributed by atoms with Crippen LogP contribution in [0.25, 0.3) is 0 Å². The first-order valence-electron chi connectivity index (χ1n) is 8.83. The van der Waals surface area contributed by atoms with Crippen molar-refractivity contribution in [2.24, 2.45) is 0 Å². The fourth-order valence-electron chi connectivity index (χ4n) is 2.63. The Balaban J connectivity index is 1.69. The molecule has 1 saturated heterocycles. The molecule has 1 aromatic carbocycles. The van der Waals surface area contributed by atoms with E-state index in [1.54, 1.807) is 29.2 Å². The number of ether oxygens (including phenoxy) is 1. The summed E-state index contributed by atoms with van der Waals surface area (Å²) >= 11 is 0. The van der Waals surface area contributed by atoms with E-state index in [4.69, 9.17) is 11.2 Å². The van der Waals surface area contributed by atoms with Crippen LogP contribution in [-0.2, 0) is 4.74 Å². The third-order valence-electron chi connectivity index (χ3n) is 4.05. The molecule has 6 nitrogen and oxygen atoms in total. The second kappa shape index (κ2) is 8.72. The van der Waals surface area contributed by atoms with Gasteiger partial charge in [0.1, 0.15) is 5.60 Å². The number of hydrogen-bond acceptors (Lipinski definition) is 4. The standard InChI is InChI=1S/C20H27N3O3/c1-5-16-6-8-17(9-7-16)18(24)21-10-11-22-12-14-23(15-13-22)19(25)26-20(2,3)4/h1,6-9H,10-15H2,2-4H3,(H,21,24). The van der Waals surface area contributed by atoms with Crippen molar-refractivity contribution < 1.29 is 14.3 Å². The lowest BCUT2D eigenvalue weighted by Gasteiger charge is -2.35. The van der Waals surface area contributed by atoms with E-state index in [1.807, 2.05) is 20.8 Å². The van der Waals surface area contributed by atoms with Crippen LogP contribution in [0.3, 0.4) is 0 Å². The number of nitrogens with one attached hydrogen (secondary N) is 1. The Kier molecular flexibility index (Phi) is 6.64. The van der Waals surface area contributed by atoms with Crippen molar-refractivity contribution in [2.45, 2.75) is 26.4 Å². The molecule has 1 N–H and O–H groups in total. The Labute approximate surface area is 155 Å². The van der Waals surface area contributed by atoms with Gasteiger partial charge in [-0.25, -0.2) is 4.79 Å². The summed E-state index contributed by atoms with van der Waals surface area (Å²) in [6, 6.07) is 6.96. The minimum Gasteiger partial charge on any atom is -0.444 e. The van der Waals surface area contributed by atoms with Gasteiger partial charge in [-0.3, -0.25) is 9.69 Å². The summed E-state index contributed by atoms with van der Waals surface area (Å²) in [7, 11) is 0. The molecule has 0 bridgehead atoms. The van der Waals surface area contributed by atoms with Gasteiger partial charge < -0.3 is 15.0 Å². The van der Waals surface area contributed by atoms with Crippen LogP contribution in [0.15, 0.2) is 24.3 Å². The maximum Gasteiger partial charge on any atom is 0.410 e. The van der Waals surface area contributed by atoms with Crippen LogP contribution in [0.4, 0.5) is 4.79 Å². The Morgan fingerprint density at radius 1 is 1.15 bits per heavy atom. The molecule has 0 aromatic heterocycles. The number of amides is 2. The van der Waals surface area contributed by atoms with Gasteiger partial charge in [-0.05, 0) is 45.0 Å².